The first-order chi connectivity index (χ1) is 8.27. The van der Waals surface area contributed by atoms with Gasteiger partial charge in [-0.05, 0) is 30.9 Å². The van der Waals surface area contributed by atoms with Crippen LogP contribution in [0.2, 0.25) is 0 Å². The van der Waals surface area contributed by atoms with Crippen LogP contribution in [0.15, 0.2) is 18.3 Å². The highest BCUT2D eigenvalue weighted by Crippen LogP contribution is 2.28. The molecule has 0 atom stereocenters. The minimum atomic E-state index is -0.203. The summed E-state index contributed by atoms with van der Waals surface area (Å²) in [5, 5.41) is 2.75. The van der Waals surface area contributed by atoms with E-state index in [1.54, 1.807) is 18.3 Å². The highest BCUT2D eigenvalue weighted by molar-refractivity contribution is 5.98. The fourth-order valence-corrected chi connectivity index (χ4v) is 1.48. The van der Waals surface area contributed by atoms with Gasteiger partial charge in [-0.3, -0.25) is 4.79 Å². The van der Waals surface area contributed by atoms with Crippen LogP contribution in [-0.2, 0) is 4.74 Å². The average Bonchev–Trinajstić information content (AvgIpc) is 3.13. The van der Waals surface area contributed by atoms with Crippen LogP contribution >= 0.6 is 0 Å². The van der Waals surface area contributed by atoms with Gasteiger partial charge in [-0.1, -0.05) is 0 Å². The Balaban J connectivity index is 1.67. The number of hydrogen-bond donors (Lipinski definition) is 2. The van der Waals surface area contributed by atoms with Crippen LogP contribution in [0.4, 0.5) is 5.82 Å². The summed E-state index contributed by atoms with van der Waals surface area (Å²) < 4.78 is 5.41. The van der Waals surface area contributed by atoms with Crippen molar-refractivity contribution in [3.63, 3.8) is 0 Å². The summed E-state index contributed by atoms with van der Waals surface area (Å²) in [7, 11) is 0. The molecule has 0 bridgehead atoms. The number of hydrogen-bond acceptors (Lipinski definition) is 4. The number of pyridine rings is 1. The van der Waals surface area contributed by atoms with Gasteiger partial charge < -0.3 is 15.8 Å². The first-order valence-corrected chi connectivity index (χ1v) is 5.84. The van der Waals surface area contributed by atoms with Gasteiger partial charge in [0.25, 0.3) is 5.91 Å². The molecule has 5 heteroatoms. The van der Waals surface area contributed by atoms with Crippen molar-refractivity contribution >= 4 is 11.7 Å². The summed E-state index contributed by atoms with van der Waals surface area (Å²) in [6, 6.07) is 3.34. The van der Waals surface area contributed by atoms with E-state index in [0.717, 1.165) is 12.5 Å². The Kier molecular flexibility index (Phi) is 3.93. The standard InChI is InChI=1S/C12H17N3O2/c13-11-10(2-1-5-14-11)12(16)15-6-7-17-8-9-3-4-9/h1-2,5,9H,3-4,6-8H2,(H2,13,14)(H,15,16). The highest BCUT2D eigenvalue weighted by Gasteiger charge is 2.20. The molecule has 1 aromatic heterocycles. The molecule has 0 unspecified atom stereocenters. The second-order valence-electron chi connectivity index (χ2n) is 4.21. The summed E-state index contributed by atoms with van der Waals surface area (Å²) in [5.41, 5.74) is 6.01. The van der Waals surface area contributed by atoms with Crippen LogP contribution in [-0.4, -0.2) is 30.6 Å². The fraction of sp³-hybridized carbons (Fsp3) is 0.500. The monoisotopic (exact) mass is 235 g/mol. The molecule has 1 saturated carbocycles. The van der Waals surface area contributed by atoms with Crippen molar-refractivity contribution in [1.29, 1.82) is 0 Å². The van der Waals surface area contributed by atoms with Crippen molar-refractivity contribution in [1.82, 2.24) is 10.3 Å². The first-order valence-electron chi connectivity index (χ1n) is 5.84. The zero-order valence-electron chi connectivity index (χ0n) is 9.69. The third-order valence-electron chi connectivity index (χ3n) is 2.67. The van der Waals surface area contributed by atoms with Crippen molar-refractivity contribution < 1.29 is 9.53 Å². The van der Waals surface area contributed by atoms with E-state index in [1.807, 2.05) is 0 Å². The van der Waals surface area contributed by atoms with Crippen molar-refractivity contribution in [2.24, 2.45) is 5.92 Å². The van der Waals surface area contributed by atoms with Gasteiger partial charge in [0.1, 0.15) is 5.82 Å². The van der Waals surface area contributed by atoms with Crippen LogP contribution in [0.25, 0.3) is 0 Å². The van der Waals surface area contributed by atoms with Crippen LogP contribution < -0.4 is 11.1 Å². The zero-order chi connectivity index (χ0) is 12.1. The molecule has 0 spiro atoms. The molecule has 0 aromatic carbocycles. The molecule has 0 radical (unpaired) electrons. The molecule has 3 N–H and O–H groups in total. The van der Waals surface area contributed by atoms with E-state index in [-0.39, 0.29) is 11.7 Å². The van der Waals surface area contributed by atoms with Gasteiger partial charge in [0, 0.05) is 19.3 Å². The minimum Gasteiger partial charge on any atom is -0.383 e. The molecule has 1 fully saturated rings. The molecule has 17 heavy (non-hydrogen) atoms. The summed E-state index contributed by atoms with van der Waals surface area (Å²) in [5.74, 6) is 0.800. The predicted molar refractivity (Wildman–Crippen MR) is 64.5 cm³/mol. The number of ether oxygens (including phenoxy) is 1. The van der Waals surface area contributed by atoms with E-state index in [9.17, 15) is 4.79 Å². The number of nitrogens with zero attached hydrogens (tertiary/aromatic N) is 1. The van der Waals surface area contributed by atoms with Gasteiger partial charge in [0.2, 0.25) is 0 Å². The molecule has 1 amide bonds. The zero-order valence-corrected chi connectivity index (χ0v) is 9.69. The Morgan fingerprint density at radius 3 is 3.12 bits per heavy atom. The maximum atomic E-state index is 11.7. The number of nitrogens with two attached hydrogens (primary N) is 1. The van der Waals surface area contributed by atoms with E-state index in [1.165, 1.54) is 12.8 Å². The highest BCUT2D eigenvalue weighted by atomic mass is 16.5. The SMILES string of the molecule is Nc1ncccc1C(=O)NCCOCC1CC1. The third kappa shape index (κ3) is 3.71. The maximum Gasteiger partial charge on any atom is 0.255 e. The quantitative estimate of drug-likeness (QED) is 0.716. The van der Waals surface area contributed by atoms with Gasteiger partial charge >= 0.3 is 0 Å². The van der Waals surface area contributed by atoms with Crippen LogP contribution in [0, 0.1) is 5.92 Å². The van der Waals surface area contributed by atoms with Gasteiger partial charge in [-0.25, -0.2) is 4.98 Å². The molecular formula is C12H17N3O2. The number of nitrogens with one attached hydrogen (secondary N) is 1. The third-order valence-corrected chi connectivity index (χ3v) is 2.67. The number of anilines is 1. The van der Waals surface area contributed by atoms with Gasteiger partial charge in [-0.15, -0.1) is 0 Å². The largest absolute Gasteiger partial charge is 0.383 e. The lowest BCUT2D eigenvalue weighted by Crippen LogP contribution is -2.28. The Hall–Kier alpha value is -1.62. The number of aromatic nitrogens is 1. The fourth-order valence-electron chi connectivity index (χ4n) is 1.48. The van der Waals surface area contributed by atoms with Crippen molar-refractivity contribution in [2.45, 2.75) is 12.8 Å². The van der Waals surface area contributed by atoms with Crippen LogP contribution in [0.3, 0.4) is 0 Å². The van der Waals surface area contributed by atoms with E-state index in [2.05, 4.69) is 10.3 Å². The molecule has 0 aliphatic heterocycles. The maximum absolute atomic E-state index is 11.7. The summed E-state index contributed by atoms with van der Waals surface area (Å²) in [6.07, 6.45) is 4.11. The van der Waals surface area contributed by atoms with Crippen LogP contribution in [0.1, 0.15) is 23.2 Å². The minimum absolute atomic E-state index is 0.203. The van der Waals surface area contributed by atoms with Crippen molar-refractivity contribution in [3.8, 4) is 0 Å². The predicted octanol–water partition coefficient (Wildman–Crippen LogP) is 0.820. The average molecular weight is 235 g/mol. The molecule has 1 aliphatic rings. The van der Waals surface area contributed by atoms with E-state index in [0.29, 0.717) is 18.7 Å². The molecule has 1 heterocycles. The Labute approximate surface area is 100 Å². The molecule has 2 rings (SSSR count). The second kappa shape index (κ2) is 5.63. The molecule has 5 nitrogen and oxygen atoms in total. The first kappa shape index (κ1) is 11.9. The van der Waals surface area contributed by atoms with Gasteiger partial charge in [-0.2, -0.15) is 0 Å². The number of nitrogen functional groups attached to an aromatic ring is 1. The number of amides is 1. The number of carbonyl (C=O) groups is 1. The lowest BCUT2D eigenvalue weighted by molar-refractivity contribution is 0.0907. The Bertz CT molecular complexity index is 391. The van der Waals surface area contributed by atoms with E-state index in [4.69, 9.17) is 10.5 Å². The Morgan fingerprint density at radius 2 is 2.41 bits per heavy atom. The van der Waals surface area contributed by atoms with Crippen LogP contribution in [0.5, 0.6) is 0 Å². The van der Waals surface area contributed by atoms with E-state index < -0.39 is 0 Å². The van der Waals surface area contributed by atoms with Crippen molar-refractivity contribution in [3.05, 3.63) is 23.9 Å². The lowest BCUT2D eigenvalue weighted by atomic mass is 10.2. The molecule has 92 valence electrons. The smallest absolute Gasteiger partial charge is 0.255 e. The lowest BCUT2D eigenvalue weighted by Gasteiger charge is -2.07. The topological polar surface area (TPSA) is 77.2 Å². The number of carbonyl (C=O) groups excluding carboxylic acids is 1. The summed E-state index contributed by atoms with van der Waals surface area (Å²) in [4.78, 5) is 15.5. The second-order valence-corrected chi connectivity index (χ2v) is 4.21. The van der Waals surface area contributed by atoms with Crippen molar-refractivity contribution in [2.75, 3.05) is 25.5 Å². The Morgan fingerprint density at radius 1 is 1.59 bits per heavy atom. The van der Waals surface area contributed by atoms with Gasteiger partial charge in [0.15, 0.2) is 0 Å². The molecule has 0 saturated heterocycles. The van der Waals surface area contributed by atoms with Gasteiger partial charge in [0.05, 0.1) is 12.2 Å². The normalized spacial score (nSPS) is 14.6. The molecular weight excluding hydrogens is 218 g/mol. The molecule has 1 aliphatic carbocycles. The van der Waals surface area contributed by atoms with E-state index >= 15 is 0 Å². The summed E-state index contributed by atoms with van der Waals surface area (Å²) >= 11 is 0. The summed E-state index contributed by atoms with van der Waals surface area (Å²) in [6.45, 7) is 1.85. The molecule has 1 aromatic rings. The number of rotatable bonds is 6.